The molecule has 1 rings (SSSR count). The topological polar surface area (TPSA) is 66.6 Å². The maximum Gasteiger partial charge on any atom is 0.304 e. The van der Waals surface area contributed by atoms with Gasteiger partial charge in [0.2, 0.25) is 0 Å². The summed E-state index contributed by atoms with van der Waals surface area (Å²) >= 11 is 0. The number of rotatable bonds is 5. The second kappa shape index (κ2) is 5.68. The van der Waals surface area contributed by atoms with Gasteiger partial charge in [0.1, 0.15) is 0 Å². The first-order valence-corrected chi connectivity index (χ1v) is 5.66. The maximum absolute atomic E-state index is 10.5. The van der Waals surface area contributed by atoms with E-state index in [1.807, 2.05) is 18.0 Å². The van der Waals surface area contributed by atoms with Crippen molar-refractivity contribution in [1.82, 2.24) is 0 Å². The number of carboxylic acid groups (broad SMARTS) is 1. The van der Waals surface area contributed by atoms with Gasteiger partial charge in [-0.3, -0.25) is 4.79 Å². The van der Waals surface area contributed by atoms with Gasteiger partial charge in [0, 0.05) is 25.3 Å². The number of nitrogens with zero attached hydrogens (tertiary/aromatic N) is 1. The van der Waals surface area contributed by atoms with Crippen LogP contribution in [0.2, 0.25) is 0 Å². The van der Waals surface area contributed by atoms with E-state index in [-0.39, 0.29) is 12.5 Å². The first-order valence-electron chi connectivity index (χ1n) is 5.66. The number of benzene rings is 1. The van der Waals surface area contributed by atoms with Crippen LogP contribution in [0.15, 0.2) is 18.2 Å². The van der Waals surface area contributed by atoms with Gasteiger partial charge in [-0.2, -0.15) is 0 Å². The molecule has 1 aromatic rings. The van der Waals surface area contributed by atoms with Gasteiger partial charge in [-0.05, 0) is 37.1 Å². The zero-order valence-electron chi connectivity index (χ0n) is 10.6. The van der Waals surface area contributed by atoms with Crippen LogP contribution in [-0.4, -0.2) is 30.7 Å². The Hall–Kier alpha value is -1.55. The number of anilines is 1. The number of carbonyl (C=O) groups is 1. The molecule has 0 bridgehead atoms. The fourth-order valence-corrected chi connectivity index (χ4v) is 1.71. The monoisotopic (exact) mass is 236 g/mol. The lowest BCUT2D eigenvalue weighted by molar-refractivity contribution is -0.137. The van der Waals surface area contributed by atoms with Crippen molar-refractivity contribution in [2.45, 2.75) is 26.3 Å². The van der Waals surface area contributed by atoms with E-state index in [9.17, 15) is 4.79 Å². The van der Waals surface area contributed by atoms with E-state index in [0.717, 1.165) is 5.69 Å². The lowest BCUT2D eigenvalue weighted by atomic mass is 10.1. The summed E-state index contributed by atoms with van der Waals surface area (Å²) in [6, 6.07) is 5.82. The standard InChI is InChI=1S/C13H20N2O2/c1-9-4-5-12(6-10(9)2)15(3)8-11(14)7-13(16)17/h4-6,11H,7-8,14H2,1-3H3,(H,16,17). The molecule has 4 heteroatoms. The lowest BCUT2D eigenvalue weighted by Crippen LogP contribution is -2.36. The summed E-state index contributed by atoms with van der Waals surface area (Å²) in [7, 11) is 1.92. The third-order valence-electron chi connectivity index (χ3n) is 2.88. The number of nitrogens with two attached hydrogens (primary N) is 1. The second-order valence-electron chi connectivity index (χ2n) is 4.51. The molecule has 0 aliphatic rings. The molecule has 0 saturated heterocycles. The largest absolute Gasteiger partial charge is 0.481 e. The fraction of sp³-hybridized carbons (Fsp3) is 0.462. The van der Waals surface area contributed by atoms with Crippen molar-refractivity contribution >= 4 is 11.7 Å². The van der Waals surface area contributed by atoms with Gasteiger partial charge >= 0.3 is 5.97 Å². The van der Waals surface area contributed by atoms with Crippen LogP contribution in [0.1, 0.15) is 17.5 Å². The molecule has 0 saturated carbocycles. The minimum Gasteiger partial charge on any atom is -0.481 e. The molecule has 0 spiro atoms. The number of aryl methyl sites for hydroxylation is 2. The predicted octanol–water partition coefficient (Wildman–Crippen LogP) is 1.54. The van der Waals surface area contributed by atoms with E-state index in [4.69, 9.17) is 10.8 Å². The van der Waals surface area contributed by atoms with Crippen molar-refractivity contribution in [2.75, 3.05) is 18.5 Å². The summed E-state index contributed by atoms with van der Waals surface area (Å²) < 4.78 is 0. The third kappa shape index (κ3) is 4.07. The molecule has 4 nitrogen and oxygen atoms in total. The summed E-state index contributed by atoms with van der Waals surface area (Å²) in [5.74, 6) is -0.856. The van der Waals surface area contributed by atoms with Crippen LogP contribution in [0.25, 0.3) is 0 Å². The zero-order valence-corrected chi connectivity index (χ0v) is 10.6. The van der Waals surface area contributed by atoms with Crippen LogP contribution in [0.5, 0.6) is 0 Å². The van der Waals surface area contributed by atoms with Crippen LogP contribution in [0.4, 0.5) is 5.69 Å². The molecular formula is C13H20N2O2. The molecule has 0 radical (unpaired) electrons. The first kappa shape index (κ1) is 13.5. The van der Waals surface area contributed by atoms with Gasteiger partial charge in [0.25, 0.3) is 0 Å². The quantitative estimate of drug-likeness (QED) is 0.814. The van der Waals surface area contributed by atoms with Crippen molar-refractivity contribution < 1.29 is 9.90 Å². The van der Waals surface area contributed by atoms with Gasteiger partial charge < -0.3 is 15.7 Å². The molecule has 17 heavy (non-hydrogen) atoms. The Morgan fingerprint density at radius 3 is 2.59 bits per heavy atom. The summed E-state index contributed by atoms with van der Waals surface area (Å²) in [6.45, 7) is 4.66. The van der Waals surface area contributed by atoms with Crippen LogP contribution >= 0.6 is 0 Å². The number of aliphatic carboxylic acids is 1. The molecule has 94 valence electrons. The average molecular weight is 236 g/mol. The molecule has 3 N–H and O–H groups in total. The summed E-state index contributed by atoms with van der Waals surface area (Å²) in [5.41, 5.74) is 9.29. The van der Waals surface area contributed by atoms with Crippen molar-refractivity contribution in [3.63, 3.8) is 0 Å². The highest BCUT2D eigenvalue weighted by molar-refractivity contribution is 5.67. The van der Waals surface area contributed by atoms with E-state index >= 15 is 0 Å². The molecule has 1 atom stereocenters. The molecule has 1 aromatic carbocycles. The normalized spacial score (nSPS) is 12.2. The van der Waals surface area contributed by atoms with Gasteiger partial charge in [0.05, 0.1) is 6.42 Å². The Bertz CT molecular complexity index is 404. The Labute approximate surface area is 102 Å². The zero-order chi connectivity index (χ0) is 13.0. The smallest absolute Gasteiger partial charge is 0.304 e. The number of carboxylic acids is 1. The van der Waals surface area contributed by atoms with Crippen molar-refractivity contribution in [3.8, 4) is 0 Å². The van der Waals surface area contributed by atoms with E-state index in [1.54, 1.807) is 0 Å². The third-order valence-corrected chi connectivity index (χ3v) is 2.88. The van der Waals surface area contributed by atoms with Crippen molar-refractivity contribution in [2.24, 2.45) is 5.73 Å². The van der Waals surface area contributed by atoms with Crippen molar-refractivity contribution in [1.29, 1.82) is 0 Å². The Balaban J connectivity index is 2.66. The SMILES string of the molecule is Cc1ccc(N(C)CC(N)CC(=O)O)cc1C. The van der Waals surface area contributed by atoms with Gasteiger partial charge in [0.15, 0.2) is 0 Å². The first-order chi connectivity index (χ1) is 7.90. The summed E-state index contributed by atoms with van der Waals surface area (Å²) in [6.07, 6.45) is -0.00478. The highest BCUT2D eigenvalue weighted by Gasteiger charge is 2.11. The van der Waals surface area contributed by atoms with E-state index < -0.39 is 5.97 Å². The van der Waals surface area contributed by atoms with Gasteiger partial charge in [-0.25, -0.2) is 0 Å². The Morgan fingerprint density at radius 1 is 1.41 bits per heavy atom. The minimum atomic E-state index is -0.856. The highest BCUT2D eigenvalue weighted by Crippen LogP contribution is 2.17. The molecule has 0 fully saturated rings. The van der Waals surface area contributed by atoms with Crippen LogP contribution in [-0.2, 0) is 4.79 Å². The van der Waals surface area contributed by atoms with E-state index in [0.29, 0.717) is 6.54 Å². The number of likely N-dealkylation sites (N-methyl/N-ethyl adjacent to an activating group) is 1. The van der Waals surface area contributed by atoms with Gasteiger partial charge in [-0.15, -0.1) is 0 Å². The summed E-state index contributed by atoms with van der Waals surface area (Å²) in [5, 5.41) is 8.65. The van der Waals surface area contributed by atoms with Crippen LogP contribution < -0.4 is 10.6 Å². The molecule has 0 amide bonds. The number of hydrogen-bond acceptors (Lipinski definition) is 3. The molecule has 0 aliphatic heterocycles. The molecule has 0 heterocycles. The van der Waals surface area contributed by atoms with Crippen LogP contribution in [0.3, 0.4) is 0 Å². The van der Waals surface area contributed by atoms with E-state index in [2.05, 4.69) is 26.0 Å². The van der Waals surface area contributed by atoms with Gasteiger partial charge in [-0.1, -0.05) is 6.07 Å². The highest BCUT2D eigenvalue weighted by atomic mass is 16.4. The van der Waals surface area contributed by atoms with Crippen molar-refractivity contribution in [3.05, 3.63) is 29.3 Å². The molecular weight excluding hydrogens is 216 g/mol. The average Bonchev–Trinajstić information content (AvgIpc) is 2.20. The lowest BCUT2D eigenvalue weighted by Gasteiger charge is -2.23. The molecule has 0 aromatic heterocycles. The predicted molar refractivity (Wildman–Crippen MR) is 69.4 cm³/mol. The fourth-order valence-electron chi connectivity index (χ4n) is 1.71. The maximum atomic E-state index is 10.5. The summed E-state index contributed by atoms with van der Waals surface area (Å²) in [4.78, 5) is 12.5. The minimum absolute atomic E-state index is 0.00478. The second-order valence-corrected chi connectivity index (χ2v) is 4.51. The Kier molecular flexibility index (Phi) is 4.52. The number of hydrogen-bond donors (Lipinski definition) is 2. The van der Waals surface area contributed by atoms with E-state index in [1.165, 1.54) is 11.1 Å². The molecule has 1 unspecified atom stereocenters. The molecule has 0 aliphatic carbocycles. The Morgan fingerprint density at radius 2 is 2.06 bits per heavy atom. The van der Waals surface area contributed by atoms with Crippen LogP contribution in [0, 0.1) is 13.8 Å².